The highest BCUT2D eigenvalue weighted by Gasteiger charge is 2.40. The van der Waals surface area contributed by atoms with Crippen molar-refractivity contribution in [1.82, 2.24) is 4.72 Å². The average Bonchev–Trinajstić information content (AvgIpc) is 2.74. The van der Waals surface area contributed by atoms with Crippen molar-refractivity contribution in [2.75, 3.05) is 11.5 Å². The summed E-state index contributed by atoms with van der Waals surface area (Å²) in [5.41, 5.74) is 0. The predicted molar refractivity (Wildman–Crippen MR) is 66.4 cm³/mol. The van der Waals surface area contributed by atoms with Crippen molar-refractivity contribution in [2.45, 2.75) is 42.4 Å². The molecule has 2 aliphatic rings. The molecule has 0 aromatic carbocycles. The normalized spacial score (nSPS) is 34.2. The molecule has 0 aromatic heterocycles. The third-order valence-corrected chi connectivity index (χ3v) is 7.70. The molecule has 100 valence electrons. The van der Waals surface area contributed by atoms with E-state index in [4.69, 9.17) is 11.6 Å². The van der Waals surface area contributed by atoms with Gasteiger partial charge in [0.15, 0.2) is 9.84 Å². The molecule has 1 saturated heterocycles. The van der Waals surface area contributed by atoms with E-state index < -0.39 is 31.3 Å². The Labute approximate surface area is 107 Å². The molecule has 2 rings (SSSR count). The van der Waals surface area contributed by atoms with Gasteiger partial charge in [-0.1, -0.05) is 12.8 Å². The Morgan fingerprint density at radius 1 is 1.12 bits per heavy atom. The van der Waals surface area contributed by atoms with E-state index in [1.807, 2.05) is 0 Å². The summed E-state index contributed by atoms with van der Waals surface area (Å²) in [6.07, 6.45) is 3.14. The molecule has 17 heavy (non-hydrogen) atoms. The summed E-state index contributed by atoms with van der Waals surface area (Å²) in [5, 5.41) is -1.04. The van der Waals surface area contributed by atoms with Crippen LogP contribution < -0.4 is 4.72 Å². The fourth-order valence-corrected chi connectivity index (χ4v) is 6.96. The standard InChI is InChI=1S/C9H16ClNO4S2/c10-8-5-16(12,13)6-9(8)11-17(14,15)7-3-1-2-4-7/h7-9,11H,1-6H2. The van der Waals surface area contributed by atoms with Crippen LogP contribution in [0.5, 0.6) is 0 Å². The van der Waals surface area contributed by atoms with Crippen molar-refractivity contribution in [3.05, 3.63) is 0 Å². The molecule has 0 radical (unpaired) electrons. The van der Waals surface area contributed by atoms with Crippen LogP contribution in [0.4, 0.5) is 0 Å². The molecule has 8 heteroatoms. The minimum absolute atomic E-state index is 0.146. The highest BCUT2D eigenvalue weighted by atomic mass is 35.5. The van der Waals surface area contributed by atoms with Gasteiger partial charge in [0.2, 0.25) is 10.0 Å². The molecule has 2 fully saturated rings. The lowest BCUT2D eigenvalue weighted by atomic mass is 10.3. The summed E-state index contributed by atoms with van der Waals surface area (Å²) in [5.74, 6) is -0.334. The second kappa shape index (κ2) is 4.68. The van der Waals surface area contributed by atoms with Crippen LogP contribution in [-0.2, 0) is 19.9 Å². The smallest absolute Gasteiger partial charge is 0.214 e. The SMILES string of the molecule is O=S1(=O)CC(Cl)C(NS(=O)(=O)C2CCCC2)C1. The number of halogens is 1. The van der Waals surface area contributed by atoms with Gasteiger partial charge in [0.05, 0.1) is 28.2 Å². The van der Waals surface area contributed by atoms with Crippen LogP contribution in [-0.4, -0.2) is 45.0 Å². The molecule has 1 N–H and O–H groups in total. The molecule has 1 saturated carbocycles. The quantitative estimate of drug-likeness (QED) is 0.758. The van der Waals surface area contributed by atoms with E-state index in [0.29, 0.717) is 12.8 Å². The lowest BCUT2D eigenvalue weighted by Gasteiger charge is -2.18. The van der Waals surface area contributed by atoms with E-state index in [0.717, 1.165) is 12.8 Å². The minimum atomic E-state index is -3.43. The van der Waals surface area contributed by atoms with Crippen LogP contribution in [0.1, 0.15) is 25.7 Å². The molecule has 2 atom stereocenters. The third-order valence-electron chi connectivity index (χ3n) is 3.34. The second-order valence-corrected chi connectivity index (χ2v) is 9.48. The van der Waals surface area contributed by atoms with Gasteiger partial charge < -0.3 is 0 Å². The highest BCUT2D eigenvalue weighted by molar-refractivity contribution is 7.92. The summed E-state index contributed by atoms with van der Waals surface area (Å²) in [6.45, 7) is 0. The Morgan fingerprint density at radius 2 is 1.71 bits per heavy atom. The Kier molecular flexibility index (Phi) is 3.74. The molecule has 0 spiro atoms. The van der Waals surface area contributed by atoms with Gasteiger partial charge in [-0.25, -0.2) is 21.6 Å². The number of sulfonamides is 1. The predicted octanol–water partition coefficient (Wildman–Crippen LogP) is 0.253. The van der Waals surface area contributed by atoms with Crippen molar-refractivity contribution in [2.24, 2.45) is 0 Å². The topological polar surface area (TPSA) is 80.3 Å². The van der Waals surface area contributed by atoms with Gasteiger partial charge in [-0.2, -0.15) is 0 Å². The van der Waals surface area contributed by atoms with E-state index in [9.17, 15) is 16.8 Å². The zero-order chi connectivity index (χ0) is 12.7. The lowest BCUT2D eigenvalue weighted by molar-refractivity contribution is 0.548. The molecule has 5 nitrogen and oxygen atoms in total. The van der Waals surface area contributed by atoms with E-state index >= 15 is 0 Å². The van der Waals surface area contributed by atoms with Crippen LogP contribution in [0.25, 0.3) is 0 Å². The van der Waals surface area contributed by atoms with Gasteiger partial charge in [-0.05, 0) is 12.8 Å². The number of hydrogen-bond donors (Lipinski definition) is 1. The Hall–Kier alpha value is 0.150. The van der Waals surface area contributed by atoms with Crippen molar-refractivity contribution in [1.29, 1.82) is 0 Å². The maximum absolute atomic E-state index is 12.0. The number of alkyl halides is 1. The number of sulfone groups is 1. The maximum Gasteiger partial charge on any atom is 0.214 e. The van der Waals surface area contributed by atoms with E-state index in [2.05, 4.69) is 4.72 Å². The Morgan fingerprint density at radius 3 is 2.18 bits per heavy atom. The summed E-state index contributed by atoms with van der Waals surface area (Å²) in [6, 6.07) is -0.674. The minimum Gasteiger partial charge on any atom is -0.229 e. The van der Waals surface area contributed by atoms with Gasteiger partial charge in [0.25, 0.3) is 0 Å². The lowest BCUT2D eigenvalue weighted by Crippen LogP contribution is -2.44. The van der Waals surface area contributed by atoms with E-state index in [1.54, 1.807) is 0 Å². The van der Waals surface area contributed by atoms with Gasteiger partial charge in [0.1, 0.15) is 0 Å². The van der Waals surface area contributed by atoms with Crippen molar-refractivity contribution in [3.8, 4) is 0 Å². The van der Waals surface area contributed by atoms with Gasteiger partial charge in [-0.3, -0.25) is 0 Å². The average molecular weight is 302 g/mol. The molecule has 1 aliphatic carbocycles. The molecule has 2 unspecified atom stereocenters. The first kappa shape index (κ1) is 13.6. The Balaban J connectivity index is 2.06. The van der Waals surface area contributed by atoms with Gasteiger partial charge in [-0.15, -0.1) is 11.6 Å². The largest absolute Gasteiger partial charge is 0.229 e. The molecular weight excluding hydrogens is 286 g/mol. The van der Waals surface area contributed by atoms with Crippen molar-refractivity contribution >= 4 is 31.5 Å². The zero-order valence-electron chi connectivity index (χ0n) is 9.30. The maximum atomic E-state index is 12.0. The van der Waals surface area contributed by atoms with Crippen LogP contribution in [0.2, 0.25) is 0 Å². The molecule has 0 amide bonds. The zero-order valence-corrected chi connectivity index (χ0v) is 11.7. The van der Waals surface area contributed by atoms with Crippen LogP contribution in [0.15, 0.2) is 0 Å². The number of hydrogen-bond acceptors (Lipinski definition) is 4. The van der Waals surface area contributed by atoms with E-state index in [-0.39, 0.29) is 16.8 Å². The van der Waals surface area contributed by atoms with E-state index in [1.165, 1.54) is 0 Å². The highest BCUT2D eigenvalue weighted by Crippen LogP contribution is 2.26. The first-order valence-corrected chi connectivity index (χ1v) is 9.46. The summed E-state index contributed by atoms with van der Waals surface area (Å²) in [4.78, 5) is 0. The number of rotatable bonds is 3. The molecule has 0 aromatic rings. The first-order chi connectivity index (χ1) is 7.80. The fourth-order valence-electron chi connectivity index (χ4n) is 2.42. The second-order valence-electron chi connectivity index (χ2n) is 4.77. The summed E-state index contributed by atoms with van der Waals surface area (Å²) < 4.78 is 49.1. The van der Waals surface area contributed by atoms with Gasteiger partial charge in [0, 0.05) is 0 Å². The Bertz CT molecular complexity index is 481. The molecular formula is C9H16ClNO4S2. The van der Waals surface area contributed by atoms with Crippen LogP contribution in [0.3, 0.4) is 0 Å². The molecule has 0 bridgehead atoms. The fraction of sp³-hybridized carbons (Fsp3) is 1.00. The first-order valence-electron chi connectivity index (χ1n) is 5.66. The van der Waals surface area contributed by atoms with Crippen LogP contribution >= 0.6 is 11.6 Å². The summed E-state index contributed by atoms with van der Waals surface area (Å²) >= 11 is 5.87. The molecule has 1 heterocycles. The molecule has 1 aliphatic heterocycles. The monoisotopic (exact) mass is 301 g/mol. The van der Waals surface area contributed by atoms with Crippen molar-refractivity contribution in [3.63, 3.8) is 0 Å². The van der Waals surface area contributed by atoms with Gasteiger partial charge >= 0.3 is 0 Å². The third kappa shape index (κ3) is 3.13. The summed E-state index contributed by atoms with van der Waals surface area (Å²) in [7, 11) is -6.62. The number of nitrogens with one attached hydrogen (secondary N) is 1. The van der Waals surface area contributed by atoms with Crippen LogP contribution in [0, 0.1) is 0 Å². The van der Waals surface area contributed by atoms with Crippen molar-refractivity contribution < 1.29 is 16.8 Å².